The highest BCUT2D eigenvalue weighted by atomic mass is 79.9. The van der Waals surface area contributed by atoms with E-state index in [1.54, 1.807) is 12.4 Å². The molecule has 3 rings (SSSR count). The molecular formula is C13H13BrN4O2. The number of hydrogen-bond donors (Lipinski definition) is 1. The molecule has 0 bridgehead atoms. The van der Waals surface area contributed by atoms with Crippen molar-refractivity contribution in [1.82, 2.24) is 9.97 Å². The van der Waals surface area contributed by atoms with E-state index < -0.39 is 11.9 Å². The Morgan fingerprint density at radius 3 is 3.15 bits per heavy atom. The highest BCUT2D eigenvalue weighted by Crippen LogP contribution is 2.27. The number of rotatable bonds is 2. The second-order valence-corrected chi connectivity index (χ2v) is 5.45. The van der Waals surface area contributed by atoms with Crippen molar-refractivity contribution in [3.05, 3.63) is 29.0 Å². The second-order valence-electron chi connectivity index (χ2n) is 4.54. The van der Waals surface area contributed by atoms with Crippen molar-refractivity contribution in [1.29, 1.82) is 0 Å². The minimum absolute atomic E-state index is 0.301. The van der Waals surface area contributed by atoms with Gasteiger partial charge >= 0.3 is 0 Å². The molecule has 104 valence electrons. The third kappa shape index (κ3) is 2.34. The first kappa shape index (κ1) is 13.3. The lowest BCUT2D eigenvalue weighted by molar-refractivity contribution is -0.121. The zero-order valence-electron chi connectivity index (χ0n) is 10.6. The van der Waals surface area contributed by atoms with Crippen LogP contribution >= 0.6 is 15.9 Å². The Labute approximate surface area is 124 Å². The minimum Gasteiger partial charge on any atom is -0.377 e. The molecule has 0 saturated carbocycles. The van der Waals surface area contributed by atoms with Crippen LogP contribution in [-0.2, 0) is 9.53 Å². The smallest absolute Gasteiger partial charge is 0.242 e. The SMILES string of the molecule is NC(=O)C1COCCN1c1ccnc2cc(Br)cnc12. The molecule has 2 aromatic rings. The molecule has 0 aromatic carbocycles. The number of ether oxygens (including phenoxy) is 1. The van der Waals surface area contributed by atoms with Crippen molar-refractivity contribution in [2.75, 3.05) is 24.7 Å². The maximum absolute atomic E-state index is 11.6. The summed E-state index contributed by atoms with van der Waals surface area (Å²) in [6, 6.07) is 3.27. The Morgan fingerprint density at radius 1 is 1.50 bits per heavy atom. The van der Waals surface area contributed by atoms with Gasteiger partial charge in [-0.15, -0.1) is 0 Å². The number of amides is 1. The predicted octanol–water partition coefficient (Wildman–Crippen LogP) is 1.08. The average molecular weight is 337 g/mol. The first-order chi connectivity index (χ1) is 9.66. The van der Waals surface area contributed by atoms with Crippen LogP contribution in [0, 0.1) is 0 Å². The summed E-state index contributed by atoms with van der Waals surface area (Å²) in [5, 5.41) is 0. The third-order valence-electron chi connectivity index (χ3n) is 3.29. The maximum Gasteiger partial charge on any atom is 0.242 e. The Morgan fingerprint density at radius 2 is 2.35 bits per heavy atom. The Kier molecular flexibility index (Phi) is 3.54. The average Bonchev–Trinajstić information content (AvgIpc) is 2.46. The number of morpholine rings is 1. The minimum atomic E-state index is -0.472. The molecule has 3 heterocycles. The van der Waals surface area contributed by atoms with Crippen LogP contribution in [-0.4, -0.2) is 41.7 Å². The molecule has 6 nitrogen and oxygen atoms in total. The lowest BCUT2D eigenvalue weighted by Crippen LogP contribution is -2.52. The fourth-order valence-electron chi connectivity index (χ4n) is 2.35. The molecule has 0 spiro atoms. The first-order valence-corrected chi connectivity index (χ1v) is 7.00. The molecular weight excluding hydrogens is 324 g/mol. The van der Waals surface area contributed by atoms with Gasteiger partial charge in [0.1, 0.15) is 11.6 Å². The summed E-state index contributed by atoms with van der Waals surface area (Å²) < 4.78 is 6.20. The molecule has 1 unspecified atom stereocenters. The van der Waals surface area contributed by atoms with Crippen molar-refractivity contribution in [3.8, 4) is 0 Å². The van der Waals surface area contributed by atoms with Gasteiger partial charge in [-0.1, -0.05) is 0 Å². The van der Waals surface area contributed by atoms with Crippen molar-refractivity contribution in [3.63, 3.8) is 0 Å². The van der Waals surface area contributed by atoms with Crippen LogP contribution in [0.15, 0.2) is 29.0 Å². The van der Waals surface area contributed by atoms with Crippen molar-refractivity contribution < 1.29 is 9.53 Å². The highest BCUT2D eigenvalue weighted by Gasteiger charge is 2.29. The molecule has 1 fully saturated rings. The van der Waals surface area contributed by atoms with Crippen molar-refractivity contribution in [2.24, 2.45) is 5.73 Å². The van der Waals surface area contributed by atoms with Crippen molar-refractivity contribution >= 4 is 38.6 Å². The second kappa shape index (κ2) is 5.34. The number of anilines is 1. The molecule has 2 N–H and O–H groups in total. The molecule has 0 radical (unpaired) electrons. The quantitative estimate of drug-likeness (QED) is 0.887. The van der Waals surface area contributed by atoms with Gasteiger partial charge < -0.3 is 15.4 Å². The molecule has 20 heavy (non-hydrogen) atoms. The number of halogens is 1. The van der Waals surface area contributed by atoms with Crippen LogP contribution < -0.4 is 10.6 Å². The van der Waals surface area contributed by atoms with E-state index in [2.05, 4.69) is 25.9 Å². The zero-order chi connectivity index (χ0) is 14.1. The van der Waals surface area contributed by atoms with Crippen LogP contribution in [0.5, 0.6) is 0 Å². The zero-order valence-corrected chi connectivity index (χ0v) is 12.2. The van der Waals surface area contributed by atoms with Gasteiger partial charge in [0.2, 0.25) is 5.91 Å². The normalized spacial score (nSPS) is 19.2. The lowest BCUT2D eigenvalue weighted by atomic mass is 10.1. The maximum atomic E-state index is 11.6. The summed E-state index contributed by atoms with van der Waals surface area (Å²) in [4.78, 5) is 22.2. The van der Waals surface area contributed by atoms with E-state index in [-0.39, 0.29) is 0 Å². The van der Waals surface area contributed by atoms with Crippen LogP contribution in [0.4, 0.5) is 5.69 Å². The summed E-state index contributed by atoms with van der Waals surface area (Å²) in [5.41, 5.74) is 7.84. The third-order valence-corrected chi connectivity index (χ3v) is 3.72. The van der Waals surface area contributed by atoms with Gasteiger partial charge in [0.25, 0.3) is 0 Å². The van der Waals surface area contributed by atoms with Gasteiger partial charge in [0, 0.05) is 23.4 Å². The predicted molar refractivity (Wildman–Crippen MR) is 78.4 cm³/mol. The largest absolute Gasteiger partial charge is 0.377 e. The van der Waals surface area contributed by atoms with Gasteiger partial charge in [-0.25, -0.2) is 0 Å². The van der Waals surface area contributed by atoms with Gasteiger partial charge in [0.15, 0.2) is 0 Å². The molecule has 1 saturated heterocycles. The van der Waals surface area contributed by atoms with Crippen LogP contribution in [0.25, 0.3) is 11.0 Å². The number of nitrogens with zero attached hydrogens (tertiary/aromatic N) is 3. The molecule has 2 aromatic heterocycles. The Balaban J connectivity index is 2.10. The fraction of sp³-hybridized carbons (Fsp3) is 0.308. The molecule has 1 aliphatic heterocycles. The number of hydrogen-bond acceptors (Lipinski definition) is 5. The summed E-state index contributed by atoms with van der Waals surface area (Å²) in [7, 11) is 0. The summed E-state index contributed by atoms with van der Waals surface area (Å²) in [6.07, 6.45) is 3.42. The van der Waals surface area contributed by atoms with Crippen LogP contribution in [0.3, 0.4) is 0 Å². The molecule has 7 heteroatoms. The number of aromatic nitrogens is 2. The summed E-state index contributed by atoms with van der Waals surface area (Å²) in [5.74, 6) is -0.397. The summed E-state index contributed by atoms with van der Waals surface area (Å²) >= 11 is 3.38. The van der Waals surface area contributed by atoms with Gasteiger partial charge in [-0.3, -0.25) is 14.8 Å². The van der Waals surface area contributed by atoms with E-state index in [1.165, 1.54) is 0 Å². The van der Waals surface area contributed by atoms with E-state index >= 15 is 0 Å². The number of nitrogens with two attached hydrogens (primary N) is 1. The number of pyridine rings is 2. The standard InChI is InChI=1S/C13H13BrN4O2/c14-8-5-9-12(17-6-8)10(1-2-16-9)18-3-4-20-7-11(18)13(15)19/h1-2,5-6,11H,3-4,7H2,(H2,15,19). The number of carbonyl (C=O) groups is 1. The number of fused-ring (bicyclic) bond motifs is 1. The first-order valence-electron chi connectivity index (χ1n) is 6.21. The van der Waals surface area contributed by atoms with E-state index in [4.69, 9.17) is 10.5 Å². The number of carbonyl (C=O) groups excluding carboxylic acids is 1. The van der Waals surface area contributed by atoms with Crippen LogP contribution in [0.1, 0.15) is 0 Å². The topological polar surface area (TPSA) is 81.3 Å². The highest BCUT2D eigenvalue weighted by molar-refractivity contribution is 9.10. The van der Waals surface area contributed by atoms with Gasteiger partial charge in [-0.2, -0.15) is 0 Å². The summed E-state index contributed by atoms with van der Waals surface area (Å²) in [6.45, 7) is 1.46. The van der Waals surface area contributed by atoms with Crippen molar-refractivity contribution in [2.45, 2.75) is 6.04 Å². The van der Waals surface area contributed by atoms with E-state index in [0.717, 1.165) is 21.2 Å². The Hall–Kier alpha value is -1.73. The Bertz CT molecular complexity index is 664. The van der Waals surface area contributed by atoms with E-state index in [0.29, 0.717) is 19.8 Å². The van der Waals surface area contributed by atoms with E-state index in [9.17, 15) is 4.79 Å². The fourth-order valence-corrected chi connectivity index (χ4v) is 2.67. The molecule has 1 aliphatic rings. The van der Waals surface area contributed by atoms with Crippen LogP contribution in [0.2, 0.25) is 0 Å². The molecule has 1 amide bonds. The lowest BCUT2D eigenvalue weighted by Gasteiger charge is -2.35. The molecule has 0 aliphatic carbocycles. The number of primary amides is 1. The van der Waals surface area contributed by atoms with E-state index in [1.807, 2.05) is 17.0 Å². The van der Waals surface area contributed by atoms with Gasteiger partial charge in [0.05, 0.1) is 24.4 Å². The van der Waals surface area contributed by atoms with Gasteiger partial charge in [-0.05, 0) is 28.1 Å². The monoisotopic (exact) mass is 336 g/mol. The molecule has 1 atom stereocenters.